The molecule has 0 fully saturated rings. The zero-order valence-electron chi connectivity index (χ0n) is 8.04. The topological polar surface area (TPSA) is 46.5 Å². The quantitative estimate of drug-likeness (QED) is 0.805. The van der Waals surface area contributed by atoms with Crippen LogP contribution in [-0.4, -0.2) is 24.3 Å². The molecule has 1 aromatic carbocycles. The van der Waals surface area contributed by atoms with E-state index in [1.54, 1.807) is 0 Å². The third-order valence-corrected chi connectivity index (χ3v) is 2.26. The number of rotatable bonds is 3. The lowest BCUT2D eigenvalue weighted by molar-refractivity contribution is -0.150. The summed E-state index contributed by atoms with van der Waals surface area (Å²) >= 11 is 5.76. The van der Waals surface area contributed by atoms with Crippen molar-refractivity contribution in [1.82, 2.24) is 0 Å². The minimum absolute atomic E-state index is 0.0662. The van der Waals surface area contributed by atoms with Gasteiger partial charge in [0, 0.05) is 11.4 Å². The number of aliphatic hydroxyl groups excluding tert-OH is 1. The van der Waals surface area contributed by atoms with Crippen molar-refractivity contribution in [2.24, 2.45) is 0 Å². The molecule has 15 heavy (non-hydrogen) atoms. The molecule has 1 aromatic rings. The van der Waals surface area contributed by atoms with Gasteiger partial charge in [0.15, 0.2) is 6.10 Å². The summed E-state index contributed by atoms with van der Waals surface area (Å²) in [6.07, 6.45) is -1.39. The maximum atomic E-state index is 12.8. The fourth-order valence-electron chi connectivity index (χ4n) is 1.13. The van der Waals surface area contributed by atoms with Crippen molar-refractivity contribution >= 4 is 17.6 Å². The summed E-state index contributed by atoms with van der Waals surface area (Å²) in [5.74, 6) is -1.23. The maximum absolute atomic E-state index is 12.8. The van der Waals surface area contributed by atoms with Crippen LogP contribution in [0.2, 0.25) is 5.02 Å². The fourth-order valence-corrected chi connectivity index (χ4v) is 1.32. The van der Waals surface area contributed by atoms with Crippen LogP contribution < -0.4 is 0 Å². The highest BCUT2D eigenvalue weighted by Crippen LogP contribution is 2.18. The molecule has 0 spiro atoms. The summed E-state index contributed by atoms with van der Waals surface area (Å²) in [5, 5.41) is 9.64. The third kappa shape index (κ3) is 3.18. The van der Waals surface area contributed by atoms with Gasteiger partial charge < -0.3 is 9.84 Å². The number of ether oxygens (including phenoxy) is 1. The van der Waals surface area contributed by atoms with Gasteiger partial charge in [0.25, 0.3) is 0 Å². The van der Waals surface area contributed by atoms with E-state index in [4.69, 9.17) is 11.6 Å². The fraction of sp³-hybridized carbons (Fsp3) is 0.300. The summed E-state index contributed by atoms with van der Waals surface area (Å²) in [7, 11) is 1.17. The molecule has 0 aromatic heterocycles. The highest BCUT2D eigenvalue weighted by atomic mass is 35.5. The second-order valence-corrected chi connectivity index (χ2v) is 3.39. The molecule has 0 bridgehead atoms. The molecular formula is C10H10ClFO3. The van der Waals surface area contributed by atoms with Crippen LogP contribution in [-0.2, 0) is 16.0 Å². The first-order valence-corrected chi connectivity index (χ1v) is 4.62. The summed E-state index contributed by atoms with van der Waals surface area (Å²) in [4.78, 5) is 10.9. The highest BCUT2D eigenvalue weighted by Gasteiger charge is 2.17. The number of aliphatic hydroxyl groups is 1. The van der Waals surface area contributed by atoms with Crippen LogP contribution >= 0.6 is 11.6 Å². The summed E-state index contributed by atoms with van der Waals surface area (Å²) < 4.78 is 17.2. The molecule has 0 radical (unpaired) electrons. The van der Waals surface area contributed by atoms with Crippen LogP contribution in [0, 0.1) is 5.82 Å². The van der Waals surface area contributed by atoms with E-state index < -0.39 is 17.9 Å². The van der Waals surface area contributed by atoms with Gasteiger partial charge in [-0.25, -0.2) is 9.18 Å². The van der Waals surface area contributed by atoms with Gasteiger partial charge in [0.05, 0.1) is 7.11 Å². The van der Waals surface area contributed by atoms with E-state index in [-0.39, 0.29) is 6.42 Å². The van der Waals surface area contributed by atoms with Crippen molar-refractivity contribution in [3.8, 4) is 0 Å². The highest BCUT2D eigenvalue weighted by molar-refractivity contribution is 6.31. The molecule has 5 heteroatoms. The average Bonchev–Trinajstić information content (AvgIpc) is 2.22. The van der Waals surface area contributed by atoms with Crippen LogP contribution in [0.1, 0.15) is 5.56 Å². The zero-order chi connectivity index (χ0) is 11.4. The predicted molar refractivity (Wildman–Crippen MR) is 53.1 cm³/mol. The van der Waals surface area contributed by atoms with E-state index in [0.29, 0.717) is 10.6 Å². The van der Waals surface area contributed by atoms with Gasteiger partial charge in [0.2, 0.25) is 0 Å². The standard InChI is InChI=1S/C10H10ClFO3/c1-15-10(14)9(13)5-6-4-7(12)2-3-8(6)11/h2-4,9,13H,5H2,1H3. The largest absolute Gasteiger partial charge is 0.467 e. The molecule has 1 rings (SSSR count). The minimum atomic E-state index is -1.32. The van der Waals surface area contributed by atoms with Crippen molar-refractivity contribution in [1.29, 1.82) is 0 Å². The maximum Gasteiger partial charge on any atom is 0.335 e. The van der Waals surface area contributed by atoms with E-state index in [1.807, 2.05) is 0 Å². The molecule has 1 atom stereocenters. The Morgan fingerprint density at radius 3 is 2.93 bits per heavy atom. The minimum Gasteiger partial charge on any atom is -0.467 e. The molecule has 82 valence electrons. The Morgan fingerprint density at radius 1 is 1.67 bits per heavy atom. The first-order valence-electron chi connectivity index (χ1n) is 4.24. The molecule has 0 saturated heterocycles. The van der Waals surface area contributed by atoms with Crippen molar-refractivity contribution < 1.29 is 19.0 Å². The van der Waals surface area contributed by atoms with Crippen molar-refractivity contribution in [3.05, 3.63) is 34.6 Å². The lowest BCUT2D eigenvalue weighted by Gasteiger charge is -2.09. The Bertz CT molecular complexity index is 368. The molecule has 3 nitrogen and oxygen atoms in total. The Hall–Kier alpha value is -1.13. The van der Waals surface area contributed by atoms with Gasteiger partial charge >= 0.3 is 5.97 Å². The lowest BCUT2D eigenvalue weighted by atomic mass is 10.1. The number of hydrogen-bond acceptors (Lipinski definition) is 3. The number of benzene rings is 1. The van der Waals surface area contributed by atoms with Crippen LogP contribution in [0.4, 0.5) is 4.39 Å². The number of carbonyl (C=O) groups excluding carboxylic acids is 1. The normalized spacial score (nSPS) is 12.3. The van der Waals surface area contributed by atoms with Crippen LogP contribution in [0.3, 0.4) is 0 Å². The van der Waals surface area contributed by atoms with Crippen LogP contribution in [0.5, 0.6) is 0 Å². The lowest BCUT2D eigenvalue weighted by Crippen LogP contribution is -2.24. The average molecular weight is 233 g/mol. The Balaban J connectivity index is 2.80. The number of methoxy groups -OCH3 is 1. The van der Waals surface area contributed by atoms with E-state index in [2.05, 4.69) is 4.74 Å². The number of hydrogen-bond donors (Lipinski definition) is 1. The Morgan fingerprint density at radius 2 is 2.33 bits per heavy atom. The first-order chi connectivity index (χ1) is 7.04. The van der Waals surface area contributed by atoms with Crippen molar-refractivity contribution in [2.45, 2.75) is 12.5 Å². The van der Waals surface area contributed by atoms with Gasteiger partial charge in [-0.05, 0) is 23.8 Å². The number of halogens is 2. The summed E-state index contributed by atoms with van der Waals surface area (Å²) in [5.41, 5.74) is 0.370. The zero-order valence-corrected chi connectivity index (χ0v) is 8.79. The van der Waals surface area contributed by atoms with Crippen molar-refractivity contribution in [3.63, 3.8) is 0 Å². The second kappa shape index (κ2) is 5.09. The van der Waals surface area contributed by atoms with E-state index in [1.165, 1.54) is 25.3 Å². The number of esters is 1. The smallest absolute Gasteiger partial charge is 0.335 e. The SMILES string of the molecule is COC(=O)C(O)Cc1cc(F)ccc1Cl. The van der Waals surface area contributed by atoms with Gasteiger partial charge in [-0.2, -0.15) is 0 Å². The molecule has 0 amide bonds. The molecule has 0 aliphatic carbocycles. The summed E-state index contributed by atoms with van der Waals surface area (Å²) in [6, 6.07) is 3.75. The molecule has 0 aliphatic rings. The Labute approximate surface area is 91.4 Å². The van der Waals surface area contributed by atoms with Gasteiger partial charge in [-0.15, -0.1) is 0 Å². The second-order valence-electron chi connectivity index (χ2n) is 2.98. The Kier molecular flexibility index (Phi) is 4.05. The van der Waals surface area contributed by atoms with Crippen molar-refractivity contribution in [2.75, 3.05) is 7.11 Å². The monoisotopic (exact) mass is 232 g/mol. The summed E-state index contributed by atoms with van der Waals surface area (Å²) in [6.45, 7) is 0. The predicted octanol–water partition coefficient (Wildman–Crippen LogP) is 1.56. The van der Waals surface area contributed by atoms with E-state index in [0.717, 1.165) is 0 Å². The third-order valence-electron chi connectivity index (χ3n) is 1.89. The van der Waals surface area contributed by atoms with E-state index >= 15 is 0 Å². The van der Waals surface area contributed by atoms with Gasteiger partial charge in [-0.1, -0.05) is 11.6 Å². The molecule has 1 N–H and O–H groups in total. The van der Waals surface area contributed by atoms with Crippen LogP contribution in [0.15, 0.2) is 18.2 Å². The molecule has 0 aliphatic heterocycles. The van der Waals surface area contributed by atoms with Crippen LogP contribution in [0.25, 0.3) is 0 Å². The van der Waals surface area contributed by atoms with E-state index in [9.17, 15) is 14.3 Å². The first kappa shape index (κ1) is 11.9. The van der Waals surface area contributed by atoms with Gasteiger partial charge in [0.1, 0.15) is 5.82 Å². The molecular weight excluding hydrogens is 223 g/mol. The molecule has 0 heterocycles. The molecule has 1 unspecified atom stereocenters. The molecule has 0 saturated carbocycles. The number of carbonyl (C=O) groups is 1. The van der Waals surface area contributed by atoms with Gasteiger partial charge in [-0.3, -0.25) is 0 Å².